The molecule has 0 atom stereocenters. The lowest BCUT2D eigenvalue weighted by Gasteiger charge is -2.07. The monoisotopic (exact) mass is 318 g/mol. The first-order chi connectivity index (χ1) is 11.0. The van der Waals surface area contributed by atoms with Gasteiger partial charge in [-0.05, 0) is 24.6 Å². The second-order valence-electron chi connectivity index (χ2n) is 5.52. The van der Waals surface area contributed by atoms with Crippen molar-refractivity contribution in [2.24, 2.45) is 0 Å². The molecule has 0 unspecified atom stereocenters. The number of hydrogen-bond acceptors (Lipinski definition) is 1. The van der Waals surface area contributed by atoms with Gasteiger partial charge in [-0.15, -0.1) is 0 Å². The van der Waals surface area contributed by atoms with Crippen molar-refractivity contribution >= 4 is 10.9 Å². The van der Waals surface area contributed by atoms with Gasteiger partial charge in [-0.3, -0.25) is 4.68 Å². The summed E-state index contributed by atoms with van der Waals surface area (Å²) >= 11 is 0. The van der Waals surface area contributed by atoms with Crippen molar-refractivity contribution in [3.8, 4) is 11.3 Å². The number of rotatable bonds is 4. The van der Waals surface area contributed by atoms with Crippen molar-refractivity contribution in [2.75, 3.05) is 0 Å². The van der Waals surface area contributed by atoms with Crippen LogP contribution >= 0.6 is 0 Å². The van der Waals surface area contributed by atoms with Crippen molar-refractivity contribution < 1.29 is 13.2 Å². The van der Waals surface area contributed by atoms with E-state index in [4.69, 9.17) is 0 Å². The van der Waals surface area contributed by atoms with Crippen molar-refractivity contribution in [1.82, 2.24) is 9.78 Å². The van der Waals surface area contributed by atoms with Gasteiger partial charge in [0.05, 0.1) is 11.1 Å². The van der Waals surface area contributed by atoms with Crippen LogP contribution in [0, 0.1) is 0 Å². The predicted molar refractivity (Wildman–Crippen MR) is 85.1 cm³/mol. The summed E-state index contributed by atoms with van der Waals surface area (Å²) in [6.07, 6.45) is -2.51. The third kappa shape index (κ3) is 3.09. The minimum absolute atomic E-state index is 0.534. The number of aromatic nitrogens is 2. The Morgan fingerprint density at radius 2 is 1.78 bits per heavy atom. The van der Waals surface area contributed by atoms with Gasteiger partial charge >= 0.3 is 6.18 Å². The van der Waals surface area contributed by atoms with E-state index in [1.165, 1.54) is 12.1 Å². The molecule has 0 spiro atoms. The number of fused-ring (bicyclic) bond motifs is 1. The summed E-state index contributed by atoms with van der Waals surface area (Å²) in [5.41, 5.74) is 1.53. The lowest BCUT2D eigenvalue weighted by Crippen LogP contribution is -2.05. The second kappa shape index (κ2) is 6.07. The highest BCUT2D eigenvalue weighted by Gasteiger charge is 2.31. The molecule has 0 aliphatic rings. The fraction of sp³-hybridized carbons (Fsp3) is 0.278. The van der Waals surface area contributed by atoms with E-state index in [-0.39, 0.29) is 0 Å². The van der Waals surface area contributed by atoms with Crippen LogP contribution in [0.15, 0.2) is 48.5 Å². The summed E-state index contributed by atoms with van der Waals surface area (Å²) in [6.45, 7) is 2.66. The number of aryl methyl sites for hydroxylation is 1. The van der Waals surface area contributed by atoms with E-state index in [2.05, 4.69) is 5.10 Å². The maximum absolute atomic E-state index is 13.0. The van der Waals surface area contributed by atoms with Gasteiger partial charge in [-0.25, -0.2) is 0 Å². The molecule has 0 bridgehead atoms. The summed E-state index contributed by atoms with van der Waals surface area (Å²) in [6, 6.07) is 13.4. The average Bonchev–Trinajstić information content (AvgIpc) is 2.91. The Morgan fingerprint density at radius 3 is 2.43 bits per heavy atom. The van der Waals surface area contributed by atoms with Gasteiger partial charge in [0.15, 0.2) is 0 Å². The van der Waals surface area contributed by atoms with Crippen molar-refractivity contribution in [3.63, 3.8) is 0 Å². The van der Waals surface area contributed by atoms with E-state index in [1.807, 2.05) is 37.3 Å². The van der Waals surface area contributed by atoms with Crippen molar-refractivity contribution in [1.29, 1.82) is 0 Å². The second-order valence-corrected chi connectivity index (χ2v) is 5.52. The smallest absolute Gasteiger partial charge is 0.264 e. The molecule has 0 aliphatic carbocycles. The van der Waals surface area contributed by atoms with Gasteiger partial charge in [0.2, 0.25) is 0 Å². The Balaban J connectivity index is 2.19. The van der Waals surface area contributed by atoms with E-state index >= 15 is 0 Å². The molecular weight excluding hydrogens is 301 g/mol. The Bertz CT molecular complexity index is 804. The number of nitrogens with zero attached hydrogens (tertiary/aromatic N) is 2. The Hall–Kier alpha value is -2.30. The van der Waals surface area contributed by atoms with E-state index < -0.39 is 11.7 Å². The lowest BCUT2D eigenvalue weighted by molar-refractivity contribution is -0.137. The zero-order valence-corrected chi connectivity index (χ0v) is 12.8. The Labute approximate surface area is 132 Å². The number of unbranched alkanes of at least 4 members (excludes halogenated alkanes) is 1. The van der Waals surface area contributed by atoms with Crippen LogP contribution in [0.2, 0.25) is 0 Å². The third-order valence-electron chi connectivity index (χ3n) is 3.85. The van der Waals surface area contributed by atoms with Crippen LogP contribution in [-0.4, -0.2) is 9.78 Å². The molecule has 0 N–H and O–H groups in total. The molecule has 3 aromatic rings. The molecule has 0 saturated heterocycles. The Kier molecular flexibility index (Phi) is 4.11. The first-order valence-electron chi connectivity index (χ1n) is 7.64. The van der Waals surface area contributed by atoms with E-state index in [0.717, 1.165) is 35.6 Å². The standard InChI is InChI=1S/C18H17F3N2/c1-2-3-11-23-16-12-14(18(19,20)21)9-10-15(16)17(22-23)13-7-5-4-6-8-13/h4-10,12H,2-3,11H2,1H3. The molecule has 0 fully saturated rings. The van der Waals surface area contributed by atoms with Crippen molar-refractivity contribution in [2.45, 2.75) is 32.5 Å². The first kappa shape index (κ1) is 15.6. The summed E-state index contributed by atoms with van der Waals surface area (Å²) in [5.74, 6) is 0. The van der Waals surface area contributed by atoms with Gasteiger partial charge in [-0.1, -0.05) is 43.7 Å². The molecule has 1 heterocycles. The van der Waals surface area contributed by atoms with Crippen molar-refractivity contribution in [3.05, 3.63) is 54.1 Å². The topological polar surface area (TPSA) is 17.8 Å². The maximum atomic E-state index is 13.0. The van der Waals surface area contributed by atoms with Gasteiger partial charge in [0.1, 0.15) is 5.69 Å². The molecule has 0 radical (unpaired) electrons. The van der Waals surface area contributed by atoms with Crippen LogP contribution < -0.4 is 0 Å². The largest absolute Gasteiger partial charge is 0.416 e. The number of halogens is 3. The summed E-state index contributed by atoms with van der Waals surface area (Å²) in [4.78, 5) is 0. The van der Waals surface area contributed by atoms with Crippen LogP contribution in [0.4, 0.5) is 13.2 Å². The van der Waals surface area contributed by atoms with Crippen LogP contribution in [0.25, 0.3) is 22.2 Å². The summed E-state index contributed by atoms with van der Waals surface area (Å²) in [5, 5.41) is 5.32. The Morgan fingerprint density at radius 1 is 1.04 bits per heavy atom. The highest BCUT2D eigenvalue weighted by molar-refractivity contribution is 5.93. The van der Waals surface area contributed by atoms with Gasteiger partial charge in [-0.2, -0.15) is 18.3 Å². The fourth-order valence-corrected chi connectivity index (χ4v) is 2.64. The molecule has 0 amide bonds. The molecule has 5 heteroatoms. The minimum atomic E-state index is -4.35. The fourth-order valence-electron chi connectivity index (χ4n) is 2.64. The number of alkyl halides is 3. The van der Waals surface area contributed by atoms with Gasteiger partial charge in [0.25, 0.3) is 0 Å². The van der Waals surface area contributed by atoms with E-state index in [9.17, 15) is 13.2 Å². The molecule has 120 valence electrons. The normalized spacial score (nSPS) is 12.0. The van der Waals surface area contributed by atoms with Crippen LogP contribution in [0.3, 0.4) is 0 Å². The molecule has 23 heavy (non-hydrogen) atoms. The van der Waals surface area contributed by atoms with Crippen LogP contribution in [0.5, 0.6) is 0 Å². The zero-order valence-electron chi connectivity index (χ0n) is 12.8. The maximum Gasteiger partial charge on any atom is 0.416 e. The first-order valence-corrected chi connectivity index (χ1v) is 7.64. The number of benzene rings is 2. The molecular formula is C18H17F3N2. The van der Waals surface area contributed by atoms with E-state index in [1.54, 1.807) is 4.68 Å². The molecule has 1 aromatic heterocycles. The zero-order chi connectivity index (χ0) is 16.4. The average molecular weight is 318 g/mol. The third-order valence-corrected chi connectivity index (χ3v) is 3.85. The molecule has 2 aromatic carbocycles. The quantitative estimate of drug-likeness (QED) is 0.619. The minimum Gasteiger partial charge on any atom is -0.264 e. The molecule has 0 saturated carbocycles. The summed E-state index contributed by atoms with van der Waals surface area (Å²) in [7, 11) is 0. The molecule has 0 aliphatic heterocycles. The van der Waals surface area contributed by atoms with Gasteiger partial charge in [0, 0.05) is 17.5 Å². The highest BCUT2D eigenvalue weighted by atomic mass is 19.4. The molecule has 3 rings (SSSR count). The van der Waals surface area contributed by atoms with Gasteiger partial charge < -0.3 is 0 Å². The summed E-state index contributed by atoms with van der Waals surface area (Å²) < 4.78 is 40.7. The highest BCUT2D eigenvalue weighted by Crippen LogP contribution is 2.34. The SMILES string of the molecule is CCCCn1nc(-c2ccccc2)c2ccc(C(F)(F)F)cc21. The lowest BCUT2D eigenvalue weighted by atomic mass is 10.1. The van der Waals surface area contributed by atoms with E-state index in [0.29, 0.717) is 12.1 Å². The van der Waals surface area contributed by atoms with Crippen LogP contribution in [-0.2, 0) is 12.7 Å². The predicted octanol–water partition coefficient (Wildman–Crippen LogP) is 5.52. The van der Waals surface area contributed by atoms with Crippen LogP contribution in [0.1, 0.15) is 25.3 Å². The molecule has 2 nitrogen and oxygen atoms in total. The number of hydrogen-bond donors (Lipinski definition) is 0.